The Hall–Kier alpha value is -5.56. The van der Waals surface area contributed by atoms with Crippen LogP contribution in [0.15, 0.2) is 71.0 Å². The molecule has 0 unspecified atom stereocenters. The third-order valence-electron chi connectivity index (χ3n) is 12.3. The number of halogens is 3. The number of amides is 3. The summed E-state index contributed by atoms with van der Waals surface area (Å²) in [4.78, 5) is 58.7. The van der Waals surface area contributed by atoms with E-state index in [1.165, 1.54) is 34.4 Å². The molecule has 0 bridgehead atoms. The van der Waals surface area contributed by atoms with Gasteiger partial charge < -0.3 is 24.7 Å². The van der Waals surface area contributed by atoms with Crippen LogP contribution in [0.4, 0.5) is 18.3 Å². The van der Waals surface area contributed by atoms with Crippen LogP contribution in [0.1, 0.15) is 69.0 Å². The van der Waals surface area contributed by atoms with Crippen molar-refractivity contribution >= 4 is 66.3 Å². The number of benzene rings is 2. The number of fused-ring (bicyclic) bond motifs is 3. The van der Waals surface area contributed by atoms with Crippen molar-refractivity contribution in [2.24, 2.45) is 11.8 Å². The number of aryl methyl sites for hydroxylation is 1. The maximum absolute atomic E-state index is 15.0. The number of thiazole rings is 1. The zero-order valence-corrected chi connectivity index (χ0v) is 35.2. The van der Waals surface area contributed by atoms with E-state index in [0.717, 1.165) is 49.9 Å². The number of alkyl halides is 3. The van der Waals surface area contributed by atoms with Crippen molar-refractivity contribution in [3.05, 3.63) is 77.8 Å². The molecular formula is C43H44F3N7O7S2. The fourth-order valence-electron chi connectivity index (χ4n) is 8.72. The molecule has 5 aromatic rings. The molecule has 0 spiro atoms. The standard InChI is InChI=1S/C43H44F3N7O7S2/c1-3-26-20-42(26,40(56)52-62(57,58)29-17-18-29)51-37(54)31-19-28(21-53(31)39(55)33(24-9-5-4-6-10-24)49-41-47-23(2)22-61-41)59-38-35-34(30-11-7-8-12-32(30)60-35)48-36(50-38)25-13-15-27(16-14-25)43(44,45)46/h3,7-8,11-16,22,24,26,28-29,31,33H,1,4-6,9-10,17-21H2,2H3,(H,47,49)(H,51,54)(H,52,56)/t26-,28-,31+,33+,42-/m1/s1. The largest absolute Gasteiger partial charge is 0.470 e. The van der Waals surface area contributed by atoms with Gasteiger partial charge in [0.25, 0.3) is 11.8 Å². The van der Waals surface area contributed by atoms with Crippen molar-refractivity contribution < 1.29 is 45.1 Å². The van der Waals surface area contributed by atoms with E-state index < -0.39 is 68.5 Å². The van der Waals surface area contributed by atoms with Crippen molar-refractivity contribution in [3.63, 3.8) is 0 Å². The van der Waals surface area contributed by atoms with Gasteiger partial charge in [-0.05, 0) is 69.2 Å². The number of sulfonamides is 1. The number of carbonyl (C=O) groups is 3. The molecule has 9 rings (SSSR count). The van der Waals surface area contributed by atoms with Gasteiger partial charge in [0.2, 0.25) is 27.4 Å². The number of para-hydroxylation sites is 1. The Morgan fingerprint density at radius 2 is 1.77 bits per heavy atom. The second kappa shape index (κ2) is 16.0. The molecule has 3 saturated carbocycles. The second-order valence-electron chi connectivity index (χ2n) is 16.7. The van der Waals surface area contributed by atoms with Gasteiger partial charge in [-0.1, -0.05) is 49.6 Å². The molecule has 4 fully saturated rings. The zero-order chi connectivity index (χ0) is 43.6. The number of likely N-dealkylation sites (tertiary alicyclic amines) is 1. The van der Waals surface area contributed by atoms with E-state index in [-0.39, 0.29) is 54.1 Å². The summed E-state index contributed by atoms with van der Waals surface area (Å²) in [5.41, 5.74) is -0.413. The first kappa shape index (κ1) is 41.8. The Balaban J connectivity index is 1.07. The van der Waals surface area contributed by atoms with Crippen LogP contribution in [0, 0.1) is 18.8 Å². The Kier molecular flexibility index (Phi) is 10.8. The van der Waals surface area contributed by atoms with Crippen molar-refractivity contribution in [2.75, 3.05) is 11.9 Å². The minimum absolute atomic E-state index is 0.0465. The quantitative estimate of drug-likeness (QED) is 0.104. The van der Waals surface area contributed by atoms with E-state index in [1.54, 1.807) is 24.3 Å². The van der Waals surface area contributed by atoms with Crippen molar-refractivity contribution in [1.29, 1.82) is 0 Å². The topological polar surface area (TPSA) is 186 Å². The van der Waals surface area contributed by atoms with Crippen LogP contribution in [-0.4, -0.2) is 81.5 Å². The van der Waals surface area contributed by atoms with Crippen LogP contribution in [0.3, 0.4) is 0 Å². The van der Waals surface area contributed by atoms with Gasteiger partial charge in [-0.25, -0.2) is 18.4 Å². The van der Waals surface area contributed by atoms with E-state index >= 15 is 4.79 Å². The Morgan fingerprint density at radius 3 is 2.44 bits per heavy atom. The van der Waals surface area contributed by atoms with Gasteiger partial charge in [0.15, 0.2) is 11.0 Å². The molecule has 3 N–H and O–H groups in total. The number of aromatic nitrogens is 3. The van der Waals surface area contributed by atoms with Crippen LogP contribution in [0.5, 0.6) is 5.88 Å². The molecule has 3 aromatic heterocycles. The highest BCUT2D eigenvalue weighted by molar-refractivity contribution is 7.91. The van der Waals surface area contributed by atoms with E-state index in [4.69, 9.17) is 9.15 Å². The molecule has 1 aliphatic heterocycles. The Morgan fingerprint density at radius 1 is 1.03 bits per heavy atom. The Bertz CT molecular complexity index is 2680. The summed E-state index contributed by atoms with van der Waals surface area (Å²) in [5.74, 6) is -2.54. The van der Waals surface area contributed by atoms with E-state index in [9.17, 15) is 31.2 Å². The maximum atomic E-state index is 15.0. The lowest BCUT2D eigenvalue weighted by Crippen LogP contribution is -2.58. The number of hydrogen-bond acceptors (Lipinski definition) is 12. The zero-order valence-electron chi connectivity index (χ0n) is 33.6. The van der Waals surface area contributed by atoms with Gasteiger partial charge in [-0.3, -0.25) is 19.1 Å². The molecule has 3 aliphatic carbocycles. The maximum Gasteiger partial charge on any atom is 0.416 e. The summed E-state index contributed by atoms with van der Waals surface area (Å²) in [6, 6.07) is 9.55. The minimum atomic E-state index is -4.55. The number of nitrogens with one attached hydrogen (secondary N) is 3. The van der Waals surface area contributed by atoms with Crippen LogP contribution < -0.4 is 20.1 Å². The molecule has 4 aliphatic rings. The van der Waals surface area contributed by atoms with Gasteiger partial charge in [0.1, 0.15) is 34.8 Å². The third-order valence-corrected chi connectivity index (χ3v) is 15.0. The first-order valence-corrected chi connectivity index (χ1v) is 23.1. The van der Waals surface area contributed by atoms with E-state index in [1.807, 2.05) is 12.3 Å². The monoisotopic (exact) mass is 891 g/mol. The smallest absolute Gasteiger partial charge is 0.416 e. The number of nitrogens with zero attached hydrogens (tertiary/aromatic N) is 4. The van der Waals surface area contributed by atoms with Crippen molar-refractivity contribution in [1.82, 2.24) is 29.9 Å². The number of ether oxygens (including phenoxy) is 1. The lowest BCUT2D eigenvalue weighted by atomic mass is 9.83. The average molecular weight is 892 g/mol. The molecule has 326 valence electrons. The highest BCUT2D eigenvalue weighted by Crippen LogP contribution is 2.46. The Labute approximate surface area is 358 Å². The summed E-state index contributed by atoms with van der Waals surface area (Å²) in [6.45, 7) is 5.56. The van der Waals surface area contributed by atoms with Gasteiger partial charge in [-0.15, -0.1) is 17.9 Å². The van der Waals surface area contributed by atoms with Crippen LogP contribution in [-0.2, 0) is 30.6 Å². The highest BCUT2D eigenvalue weighted by Gasteiger charge is 2.62. The number of anilines is 1. The molecular weight excluding hydrogens is 848 g/mol. The third kappa shape index (κ3) is 8.11. The second-order valence-corrected chi connectivity index (χ2v) is 19.5. The number of furan rings is 1. The van der Waals surface area contributed by atoms with Crippen LogP contribution in [0.25, 0.3) is 33.5 Å². The predicted octanol–water partition coefficient (Wildman–Crippen LogP) is 6.91. The molecule has 62 heavy (non-hydrogen) atoms. The summed E-state index contributed by atoms with van der Waals surface area (Å²) < 4.78 is 81.1. The molecule has 4 heterocycles. The summed E-state index contributed by atoms with van der Waals surface area (Å²) in [6.07, 6.45) is 1.40. The van der Waals surface area contributed by atoms with Crippen molar-refractivity contribution in [2.45, 2.75) is 99.9 Å². The molecule has 19 heteroatoms. The molecule has 0 radical (unpaired) electrons. The minimum Gasteiger partial charge on any atom is -0.470 e. The molecule has 3 amide bonds. The summed E-state index contributed by atoms with van der Waals surface area (Å²) in [5, 5.41) is 8.58. The lowest BCUT2D eigenvalue weighted by molar-refractivity contribution is -0.141. The van der Waals surface area contributed by atoms with E-state index in [2.05, 4.69) is 36.9 Å². The molecule has 2 aromatic carbocycles. The predicted molar refractivity (Wildman–Crippen MR) is 224 cm³/mol. The SMILES string of the molecule is C=C[C@@H]1C[C@]1(NC(=O)[C@@H]1C[C@@H](Oc2nc(-c3ccc(C(F)(F)F)cc3)nc3c2oc2ccccc23)CN1C(=O)[C@@H](Nc1nc(C)cs1)C1CCCCC1)C(=O)NS(=O)(=O)C1CC1. The molecule has 1 saturated heterocycles. The van der Waals surface area contributed by atoms with E-state index in [0.29, 0.717) is 34.5 Å². The van der Waals surface area contributed by atoms with Crippen LogP contribution >= 0.6 is 11.3 Å². The van der Waals surface area contributed by atoms with Gasteiger partial charge in [0, 0.05) is 28.7 Å². The van der Waals surface area contributed by atoms with Crippen LogP contribution in [0.2, 0.25) is 0 Å². The fraction of sp³-hybridized carbons (Fsp3) is 0.442. The number of rotatable bonds is 13. The molecule has 5 atom stereocenters. The van der Waals surface area contributed by atoms with Gasteiger partial charge in [-0.2, -0.15) is 18.2 Å². The van der Waals surface area contributed by atoms with Gasteiger partial charge >= 0.3 is 6.18 Å². The normalized spacial score (nSPS) is 23.5. The molecule has 14 nitrogen and oxygen atoms in total. The lowest BCUT2D eigenvalue weighted by Gasteiger charge is -2.34. The average Bonchev–Trinajstić information content (AvgIpc) is 4.11. The first-order valence-electron chi connectivity index (χ1n) is 20.7. The highest BCUT2D eigenvalue weighted by atomic mass is 32.2. The first-order chi connectivity index (χ1) is 29.6. The summed E-state index contributed by atoms with van der Waals surface area (Å²) in [7, 11) is -3.95. The number of carbonyl (C=O) groups excluding carboxylic acids is 3. The van der Waals surface area contributed by atoms with Crippen molar-refractivity contribution in [3.8, 4) is 17.3 Å². The number of hydrogen-bond donors (Lipinski definition) is 3. The fourth-order valence-corrected chi connectivity index (χ4v) is 10.8. The summed E-state index contributed by atoms with van der Waals surface area (Å²) >= 11 is 1.37. The van der Waals surface area contributed by atoms with Gasteiger partial charge in [0.05, 0.1) is 23.1 Å².